The number of urea groups is 1. The highest BCUT2D eigenvalue weighted by molar-refractivity contribution is 5.95. The highest BCUT2D eigenvalue weighted by atomic mass is 16.5. The lowest BCUT2D eigenvalue weighted by atomic mass is 10.2. The van der Waals surface area contributed by atoms with Gasteiger partial charge in [-0.1, -0.05) is 6.07 Å². The first kappa shape index (κ1) is 13.7. The number of hydrogen-bond donors (Lipinski definition) is 3. The summed E-state index contributed by atoms with van der Waals surface area (Å²) in [4.78, 5) is 26.9. The van der Waals surface area contributed by atoms with Crippen LogP contribution in [0.5, 0.6) is 0 Å². The molecule has 0 aliphatic carbocycles. The standard InChI is InChI=1S/C12H13N5O3/c1-20-11(18)10-4-2-7-6-8(3-5-9(7)15-10)17(14)12(19)16-13/h2-6H,13-14H2,1H3,(H,16,19). The molecule has 1 heterocycles. The molecule has 8 nitrogen and oxygen atoms in total. The number of amides is 2. The van der Waals surface area contributed by atoms with Crippen LogP contribution in [0, 0.1) is 0 Å². The molecule has 0 saturated heterocycles. The molecule has 0 atom stereocenters. The fourth-order valence-electron chi connectivity index (χ4n) is 1.67. The highest BCUT2D eigenvalue weighted by Crippen LogP contribution is 2.20. The molecule has 2 amide bonds. The van der Waals surface area contributed by atoms with E-state index in [1.54, 1.807) is 24.3 Å². The van der Waals surface area contributed by atoms with Crippen molar-refractivity contribution in [1.29, 1.82) is 0 Å². The molecule has 2 rings (SSSR count). The van der Waals surface area contributed by atoms with Gasteiger partial charge in [-0.15, -0.1) is 0 Å². The van der Waals surface area contributed by atoms with E-state index < -0.39 is 12.0 Å². The van der Waals surface area contributed by atoms with Crippen molar-refractivity contribution in [2.24, 2.45) is 11.7 Å². The minimum atomic E-state index is -0.650. The number of benzene rings is 1. The molecular weight excluding hydrogens is 262 g/mol. The minimum Gasteiger partial charge on any atom is -0.464 e. The maximum absolute atomic E-state index is 11.4. The lowest BCUT2D eigenvalue weighted by Gasteiger charge is -2.16. The number of methoxy groups -OCH3 is 1. The summed E-state index contributed by atoms with van der Waals surface area (Å²) in [5, 5.41) is 1.59. The molecular formula is C12H13N5O3. The van der Waals surface area contributed by atoms with Gasteiger partial charge in [-0.3, -0.25) is 5.43 Å². The normalized spacial score (nSPS) is 10.2. The molecule has 20 heavy (non-hydrogen) atoms. The van der Waals surface area contributed by atoms with Gasteiger partial charge >= 0.3 is 12.0 Å². The van der Waals surface area contributed by atoms with E-state index in [1.165, 1.54) is 13.2 Å². The zero-order chi connectivity index (χ0) is 14.7. The molecule has 0 aliphatic rings. The summed E-state index contributed by atoms with van der Waals surface area (Å²) in [6.07, 6.45) is 0. The first-order valence-corrected chi connectivity index (χ1v) is 5.61. The number of carbonyl (C=O) groups is 2. The van der Waals surface area contributed by atoms with Crippen LogP contribution < -0.4 is 22.1 Å². The summed E-state index contributed by atoms with van der Waals surface area (Å²) in [7, 11) is 1.29. The van der Waals surface area contributed by atoms with Gasteiger partial charge in [0, 0.05) is 5.39 Å². The van der Waals surface area contributed by atoms with Crippen molar-refractivity contribution in [2.75, 3.05) is 12.1 Å². The van der Waals surface area contributed by atoms with Gasteiger partial charge in [0.05, 0.1) is 18.3 Å². The summed E-state index contributed by atoms with van der Waals surface area (Å²) in [6, 6.07) is 7.45. The third kappa shape index (κ3) is 2.51. The fraction of sp³-hybridized carbons (Fsp3) is 0.0833. The van der Waals surface area contributed by atoms with Crippen molar-refractivity contribution >= 4 is 28.6 Å². The average Bonchev–Trinajstić information content (AvgIpc) is 2.51. The first-order chi connectivity index (χ1) is 9.56. The molecule has 0 radical (unpaired) electrons. The van der Waals surface area contributed by atoms with E-state index in [0.717, 1.165) is 10.4 Å². The third-order valence-electron chi connectivity index (χ3n) is 2.69. The number of anilines is 1. The van der Waals surface area contributed by atoms with Gasteiger partial charge in [0.1, 0.15) is 5.69 Å². The Morgan fingerprint density at radius 1 is 1.30 bits per heavy atom. The number of pyridine rings is 1. The van der Waals surface area contributed by atoms with E-state index in [1.807, 2.05) is 5.43 Å². The number of fused-ring (bicyclic) bond motifs is 1. The predicted octanol–water partition coefficient (Wildman–Crippen LogP) is 0.285. The lowest BCUT2D eigenvalue weighted by molar-refractivity contribution is 0.0594. The van der Waals surface area contributed by atoms with Gasteiger partial charge in [-0.2, -0.15) is 0 Å². The van der Waals surface area contributed by atoms with Crippen molar-refractivity contribution < 1.29 is 14.3 Å². The molecule has 0 aliphatic heterocycles. The number of hydrazine groups is 2. The SMILES string of the molecule is COC(=O)c1ccc2cc(N(N)C(=O)NN)ccc2n1. The van der Waals surface area contributed by atoms with Gasteiger partial charge in [0.15, 0.2) is 0 Å². The molecule has 8 heteroatoms. The quantitative estimate of drug-likeness (QED) is 0.313. The Morgan fingerprint density at radius 2 is 2.05 bits per heavy atom. The van der Waals surface area contributed by atoms with Crippen molar-refractivity contribution in [2.45, 2.75) is 0 Å². The van der Waals surface area contributed by atoms with E-state index in [2.05, 4.69) is 9.72 Å². The van der Waals surface area contributed by atoms with Gasteiger partial charge in [0.2, 0.25) is 0 Å². The second-order valence-electron chi connectivity index (χ2n) is 3.88. The number of rotatable bonds is 2. The largest absolute Gasteiger partial charge is 0.464 e. The first-order valence-electron chi connectivity index (χ1n) is 5.61. The number of hydrogen-bond acceptors (Lipinski definition) is 6. The van der Waals surface area contributed by atoms with Crippen LogP contribution in [0.3, 0.4) is 0 Å². The second kappa shape index (κ2) is 5.51. The van der Waals surface area contributed by atoms with E-state index in [9.17, 15) is 9.59 Å². The van der Waals surface area contributed by atoms with E-state index in [0.29, 0.717) is 11.2 Å². The van der Waals surface area contributed by atoms with Crippen LogP contribution in [0.25, 0.3) is 10.9 Å². The fourth-order valence-corrected chi connectivity index (χ4v) is 1.67. The zero-order valence-corrected chi connectivity index (χ0v) is 10.7. The Kier molecular flexibility index (Phi) is 3.78. The van der Waals surface area contributed by atoms with Crippen molar-refractivity contribution in [3.05, 3.63) is 36.0 Å². The maximum atomic E-state index is 11.4. The number of nitrogens with two attached hydrogens (primary N) is 2. The van der Waals surface area contributed by atoms with Crippen LogP contribution >= 0.6 is 0 Å². The number of ether oxygens (including phenoxy) is 1. The molecule has 0 bridgehead atoms. The number of carbonyl (C=O) groups excluding carboxylic acids is 2. The van der Waals surface area contributed by atoms with Crippen LogP contribution in [-0.4, -0.2) is 24.1 Å². The number of aromatic nitrogens is 1. The Labute approximate surface area is 114 Å². The van der Waals surface area contributed by atoms with Crippen LogP contribution in [0.2, 0.25) is 0 Å². The van der Waals surface area contributed by atoms with Crippen LogP contribution in [0.4, 0.5) is 10.5 Å². The van der Waals surface area contributed by atoms with E-state index in [-0.39, 0.29) is 5.69 Å². The molecule has 2 aromatic rings. The molecule has 1 aromatic heterocycles. The number of nitrogens with one attached hydrogen (secondary N) is 1. The lowest BCUT2D eigenvalue weighted by Crippen LogP contribution is -2.47. The van der Waals surface area contributed by atoms with Crippen molar-refractivity contribution in [3.63, 3.8) is 0 Å². The summed E-state index contributed by atoms with van der Waals surface area (Å²) < 4.78 is 4.60. The molecule has 0 saturated carbocycles. The molecule has 0 unspecified atom stereocenters. The van der Waals surface area contributed by atoms with Gasteiger partial charge in [-0.25, -0.2) is 31.3 Å². The second-order valence-corrected chi connectivity index (χ2v) is 3.88. The van der Waals surface area contributed by atoms with E-state index >= 15 is 0 Å². The summed E-state index contributed by atoms with van der Waals surface area (Å²) >= 11 is 0. The predicted molar refractivity (Wildman–Crippen MR) is 72.5 cm³/mol. The Bertz CT molecular complexity index is 673. The Hall–Kier alpha value is -2.71. The average molecular weight is 275 g/mol. The molecule has 5 N–H and O–H groups in total. The molecule has 1 aromatic carbocycles. The number of esters is 1. The van der Waals surface area contributed by atoms with Gasteiger partial charge in [0.25, 0.3) is 0 Å². The van der Waals surface area contributed by atoms with E-state index in [4.69, 9.17) is 11.7 Å². The Morgan fingerprint density at radius 3 is 2.70 bits per heavy atom. The molecule has 104 valence electrons. The minimum absolute atomic E-state index is 0.206. The van der Waals surface area contributed by atoms with Gasteiger partial charge < -0.3 is 4.74 Å². The summed E-state index contributed by atoms with van der Waals surface area (Å²) in [6.45, 7) is 0. The van der Waals surface area contributed by atoms with Crippen molar-refractivity contribution in [1.82, 2.24) is 10.4 Å². The summed E-state index contributed by atoms with van der Waals surface area (Å²) in [5.74, 6) is 10.1. The van der Waals surface area contributed by atoms with Crippen molar-refractivity contribution in [3.8, 4) is 0 Å². The van der Waals surface area contributed by atoms with Crippen LogP contribution in [0.1, 0.15) is 10.5 Å². The van der Waals surface area contributed by atoms with Crippen LogP contribution in [0.15, 0.2) is 30.3 Å². The smallest absolute Gasteiger partial charge is 0.356 e. The highest BCUT2D eigenvalue weighted by Gasteiger charge is 2.12. The summed E-state index contributed by atoms with van der Waals surface area (Å²) in [5.41, 5.74) is 3.15. The molecule has 0 fully saturated rings. The zero-order valence-electron chi connectivity index (χ0n) is 10.7. The van der Waals surface area contributed by atoms with Crippen LogP contribution in [-0.2, 0) is 4.74 Å². The number of nitrogens with zero attached hydrogens (tertiary/aromatic N) is 2. The van der Waals surface area contributed by atoms with Gasteiger partial charge in [-0.05, 0) is 24.3 Å². The monoisotopic (exact) mass is 275 g/mol. The Balaban J connectivity index is 2.41. The third-order valence-corrected chi connectivity index (χ3v) is 2.69. The maximum Gasteiger partial charge on any atom is 0.356 e. The molecule has 0 spiro atoms. The topological polar surface area (TPSA) is 124 Å².